The van der Waals surface area contributed by atoms with Crippen LogP contribution in [0.2, 0.25) is 0 Å². The molecule has 0 atom stereocenters. The smallest absolute Gasteiger partial charge is 0.0160 e. The van der Waals surface area contributed by atoms with Crippen molar-refractivity contribution in [2.45, 2.75) is 25.7 Å². The largest absolute Gasteiger partial charge is 0.126 e. The second kappa shape index (κ2) is 2.83. The summed E-state index contributed by atoms with van der Waals surface area (Å²) in [4.78, 5) is 1.67. The number of rotatable bonds is 0. The van der Waals surface area contributed by atoms with Gasteiger partial charge in [0, 0.05) is 5.75 Å². The Kier molecular flexibility index (Phi) is 1.85. The van der Waals surface area contributed by atoms with E-state index >= 15 is 0 Å². The lowest BCUT2D eigenvalue weighted by molar-refractivity contribution is 0.704. The van der Waals surface area contributed by atoms with Crippen LogP contribution < -0.4 is 0 Å². The van der Waals surface area contributed by atoms with Crippen molar-refractivity contribution in [1.29, 1.82) is 0 Å². The zero-order valence-electron chi connectivity index (χ0n) is 6.10. The molecule has 1 aliphatic heterocycles. The number of hydrogen-bond donors (Lipinski definition) is 0. The predicted octanol–water partition coefficient (Wildman–Crippen LogP) is 3.12. The molecule has 0 aromatic carbocycles. The fraction of sp³-hybridized carbons (Fsp3) is 0.556. The van der Waals surface area contributed by atoms with Gasteiger partial charge < -0.3 is 0 Å². The minimum Gasteiger partial charge on any atom is -0.126 e. The highest BCUT2D eigenvalue weighted by atomic mass is 32.2. The van der Waals surface area contributed by atoms with E-state index in [0.29, 0.717) is 0 Å². The molecule has 0 radical (unpaired) electrons. The molecule has 54 valence electrons. The lowest BCUT2D eigenvalue weighted by Crippen LogP contribution is -1.98. The van der Waals surface area contributed by atoms with Crippen molar-refractivity contribution in [1.82, 2.24) is 0 Å². The zero-order valence-corrected chi connectivity index (χ0v) is 6.91. The van der Waals surface area contributed by atoms with Gasteiger partial charge in [0.15, 0.2) is 0 Å². The number of thioether (sulfide) groups is 1. The summed E-state index contributed by atoms with van der Waals surface area (Å²) in [7, 11) is 0. The molecule has 1 heteroatoms. The van der Waals surface area contributed by atoms with Crippen LogP contribution in [-0.2, 0) is 0 Å². The van der Waals surface area contributed by atoms with E-state index in [9.17, 15) is 0 Å². The lowest BCUT2D eigenvalue weighted by atomic mass is 9.99. The van der Waals surface area contributed by atoms with Crippen LogP contribution in [0.25, 0.3) is 0 Å². The van der Waals surface area contributed by atoms with Gasteiger partial charge in [-0.3, -0.25) is 0 Å². The molecule has 0 aromatic rings. The number of allylic oxidation sites excluding steroid dienone is 3. The van der Waals surface area contributed by atoms with E-state index in [0.717, 1.165) is 0 Å². The van der Waals surface area contributed by atoms with Gasteiger partial charge in [0.25, 0.3) is 0 Å². The van der Waals surface area contributed by atoms with Crippen LogP contribution in [0.5, 0.6) is 0 Å². The highest BCUT2D eigenvalue weighted by Gasteiger charge is 2.12. The highest BCUT2D eigenvalue weighted by molar-refractivity contribution is 8.03. The first-order chi connectivity index (χ1) is 4.97. The average Bonchev–Trinajstić information content (AvgIpc) is 2.05. The van der Waals surface area contributed by atoms with Gasteiger partial charge in [-0.05, 0) is 36.2 Å². The molecule has 0 spiro atoms. The first-order valence-electron chi connectivity index (χ1n) is 3.98. The maximum Gasteiger partial charge on any atom is 0.0160 e. The van der Waals surface area contributed by atoms with Gasteiger partial charge in [-0.1, -0.05) is 12.2 Å². The SMILES string of the molecule is C1=CC2=C(CCCC2)SC1. The summed E-state index contributed by atoms with van der Waals surface area (Å²) in [6, 6.07) is 0. The summed E-state index contributed by atoms with van der Waals surface area (Å²) in [5.41, 5.74) is 1.63. The van der Waals surface area contributed by atoms with Gasteiger partial charge in [-0.15, -0.1) is 11.8 Å². The van der Waals surface area contributed by atoms with Crippen LogP contribution in [-0.4, -0.2) is 5.75 Å². The Labute approximate surface area is 66.4 Å². The summed E-state index contributed by atoms with van der Waals surface area (Å²) in [6.45, 7) is 0. The first kappa shape index (κ1) is 6.53. The topological polar surface area (TPSA) is 0 Å². The van der Waals surface area contributed by atoms with E-state index in [-0.39, 0.29) is 0 Å². The van der Waals surface area contributed by atoms with Crippen LogP contribution >= 0.6 is 11.8 Å². The molecule has 0 unspecified atom stereocenters. The van der Waals surface area contributed by atoms with Crippen molar-refractivity contribution in [2.24, 2.45) is 0 Å². The molecule has 0 aromatic heterocycles. The summed E-state index contributed by atoms with van der Waals surface area (Å²) in [6.07, 6.45) is 10.1. The molecule has 0 bridgehead atoms. The van der Waals surface area contributed by atoms with Gasteiger partial charge in [-0.25, -0.2) is 0 Å². The van der Waals surface area contributed by atoms with Crippen molar-refractivity contribution in [2.75, 3.05) is 5.75 Å². The summed E-state index contributed by atoms with van der Waals surface area (Å²) in [5, 5.41) is 0. The molecule has 0 nitrogen and oxygen atoms in total. The Morgan fingerprint density at radius 1 is 1.20 bits per heavy atom. The van der Waals surface area contributed by atoms with Crippen molar-refractivity contribution < 1.29 is 0 Å². The molecule has 0 fully saturated rings. The monoisotopic (exact) mass is 152 g/mol. The summed E-state index contributed by atoms with van der Waals surface area (Å²) >= 11 is 2.04. The standard InChI is InChI=1S/C9H12S/c1-2-6-9-8(4-1)5-3-7-10-9/h3,5H,1-2,4,6-7H2. The number of hydrogen-bond acceptors (Lipinski definition) is 1. The Hall–Kier alpha value is -0.170. The second-order valence-corrected chi connectivity index (χ2v) is 3.98. The third-order valence-electron chi connectivity index (χ3n) is 2.13. The summed E-state index contributed by atoms with van der Waals surface area (Å²) in [5.74, 6) is 1.21. The minimum absolute atomic E-state index is 1.21. The quantitative estimate of drug-likeness (QED) is 0.514. The Morgan fingerprint density at radius 3 is 3.00 bits per heavy atom. The van der Waals surface area contributed by atoms with Gasteiger partial charge in [-0.2, -0.15) is 0 Å². The Balaban J connectivity index is 2.23. The first-order valence-corrected chi connectivity index (χ1v) is 4.97. The molecule has 0 amide bonds. The van der Waals surface area contributed by atoms with Crippen molar-refractivity contribution >= 4 is 11.8 Å². The van der Waals surface area contributed by atoms with E-state index in [2.05, 4.69) is 12.2 Å². The van der Waals surface area contributed by atoms with Crippen molar-refractivity contribution in [3.8, 4) is 0 Å². The van der Waals surface area contributed by atoms with Crippen LogP contribution in [0.15, 0.2) is 22.6 Å². The van der Waals surface area contributed by atoms with E-state index in [1.54, 1.807) is 10.5 Å². The fourth-order valence-corrected chi connectivity index (χ4v) is 2.62. The van der Waals surface area contributed by atoms with E-state index < -0.39 is 0 Å². The third-order valence-corrected chi connectivity index (χ3v) is 3.30. The molecule has 0 saturated heterocycles. The van der Waals surface area contributed by atoms with E-state index in [1.807, 2.05) is 11.8 Å². The second-order valence-electron chi connectivity index (χ2n) is 2.87. The molecule has 2 aliphatic rings. The molecular formula is C9H12S. The van der Waals surface area contributed by atoms with Crippen LogP contribution in [0.1, 0.15) is 25.7 Å². The van der Waals surface area contributed by atoms with Crippen molar-refractivity contribution in [3.63, 3.8) is 0 Å². The molecule has 1 heterocycles. The Morgan fingerprint density at radius 2 is 2.10 bits per heavy atom. The van der Waals surface area contributed by atoms with Gasteiger partial charge in [0.2, 0.25) is 0 Å². The molecule has 10 heavy (non-hydrogen) atoms. The third kappa shape index (κ3) is 1.15. The maximum atomic E-state index is 2.32. The predicted molar refractivity (Wildman–Crippen MR) is 47.1 cm³/mol. The van der Waals surface area contributed by atoms with Crippen LogP contribution in [0, 0.1) is 0 Å². The molecule has 1 aliphatic carbocycles. The normalized spacial score (nSPS) is 24.8. The van der Waals surface area contributed by atoms with Gasteiger partial charge >= 0.3 is 0 Å². The molecule has 0 saturated carbocycles. The maximum absolute atomic E-state index is 2.32. The summed E-state index contributed by atoms with van der Waals surface area (Å²) < 4.78 is 0. The molecule has 0 N–H and O–H groups in total. The molecular weight excluding hydrogens is 140 g/mol. The van der Waals surface area contributed by atoms with Crippen molar-refractivity contribution in [3.05, 3.63) is 22.6 Å². The Bertz CT molecular complexity index is 189. The van der Waals surface area contributed by atoms with E-state index in [4.69, 9.17) is 0 Å². The minimum atomic E-state index is 1.21. The van der Waals surface area contributed by atoms with Crippen LogP contribution in [0.3, 0.4) is 0 Å². The van der Waals surface area contributed by atoms with Crippen LogP contribution in [0.4, 0.5) is 0 Å². The lowest BCUT2D eigenvalue weighted by Gasteiger charge is -2.19. The fourth-order valence-electron chi connectivity index (χ4n) is 1.58. The highest BCUT2D eigenvalue weighted by Crippen LogP contribution is 2.35. The van der Waals surface area contributed by atoms with Gasteiger partial charge in [0.1, 0.15) is 0 Å². The van der Waals surface area contributed by atoms with Gasteiger partial charge in [0.05, 0.1) is 0 Å². The average molecular weight is 152 g/mol. The van der Waals surface area contributed by atoms with E-state index in [1.165, 1.54) is 31.4 Å². The zero-order chi connectivity index (χ0) is 6.81. The molecule has 2 rings (SSSR count).